The van der Waals surface area contributed by atoms with Crippen molar-refractivity contribution in [2.75, 3.05) is 13.7 Å². The SMILES string of the molecule is COc1c(CN[C@H]2COc3ccccc3C2)c(C(C)C)nn1C. The molecule has 1 N–H and O–H groups in total. The smallest absolute Gasteiger partial charge is 0.216 e. The summed E-state index contributed by atoms with van der Waals surface area (Å²) in [4.78, 5) is 0. The summed E-state index contributed by atoms with van der Waals surface area (Å²) in [7, 11) is 3.62. The third-order valence-corrected chi connectivity index (χ3v) is 4.31. The highest BCUT2D eigenvalue weighted by molar-refractivity contribution is 5.36. The number of hydrogen-bond acceptors (Lipinski definition) is 4. The van der Waals surface area contributed by atoms with Crippen LogP contribution in [0, 0.1) is 0 Å². The summed E-state index contributed by atoms with van der Waals surface area (Å²) in [5.74, 6) is 2.20. The Morgan fingerprint density at radius 1 is 1.39 bits per heavy atom. The molecule has 23 heavy (non-hydrogen) atoms. The van der Waals surface area contributed by atoms with Crippen LogP contribution in [0.1, 0.15) is 36.6 Å². The Kier molecular flexibility index (Phi) is 4.57. The topological polar surface area (TPSA) is 48.3 Å². The normalized spacial score (nSPS) is 17.0. The number of benzene rings is 1. The maximum Gasteiger partial charge on any atom is 0.216 e. The van der Waals surface area contributed by atoms with E-state index in [1.165, 1.54) is 5.56 Å². The number of nitrogens with zero attached hydrogens (tertiary/aromatic N) is 2. The van der Waals surface area contributed by atoms with Crippen molar-refractivity contribution >= 4 is 0 Å². The molecule has 1 aliphatic heterocycles. The number of aromatic nitrogens is 2. The van der Waals surface area contributed by atoms with Crippen molar-refractivity contribution in [2.24, 2.45) is 7.05 Å². The van der Waals surface area contributed by atoms with Crippen LogP contribution in [-0.2, 0) is 20.0 Å². The monoisotopic (exact) mass is 315 g/mol. The largest absolute Gasteiger partial charge is 0.492 e. The molecule has 0 saturated carbocycles. The Labute approximate surface area is 137 Å². The number of fused-ring (bicyclic) bond motifs is 1. The van der Waals surface area contributed by atoms with Gasteiger partial charge in [0.05, 0.1) is 18.4 Å². The van der Waals surface area contributed by atoms with Crippen molar-refractivity contribution < 1.29 is 9.47 Å². The summed E-state index contributed by atoms with van der Waals surface area (Å²) < 4.78 is 13.2. The Morgan fingerprint density at radius 3 is 2.91 bits per heavy atom. The molecule has 1 aliphatic rings. The fourth-order valence-corrected chi connectivity index (χ4v) is 3.16. The van der Waals surface area contributed by atoms with E-state index in [1.807, 2.05) is 23.9 Å². The second-order valence-corrected chi connectivity index (χ2v) is 6.35. The molecule has 0 bridgehead atoms. The molecule has 0 amide bonds. The van der Waals surface area contributed by atoms with Gasteiger partial charge in [-0.25, -0.2) is 4.68 Å². The zero-order valence-electron chi connectivity index (χ0n) is 14.3. The molecule has 0 spiro atoms. The number of methoxy groups -OCH3 is 1. The van der Waals surface area contributed by atoms with Crippen molar-refractivity contribution in [2.45, 2.75) is 38.8 Å². The number of nitrogens with one attached hydrogen (secondary N) is 1. The fourth-order valence-electron chi connectivity index (χ4n) is 3.16. The average molecular weight is 315 g/mol. The van der Waals surface area contributed by atoms with E-state index in [2.05, 4.69) is 36.4 Å². The molecule has 5 heteroatoms. The van der Waals surface area contributed by atoms with Gasteiger partial charge >= 0.3 is 0 Å². The maximum atomic E-state index is 5.85. The van der Waals surface area contributed by atoms with Gasteiger partial charge in [-0.2, -0.15) is 5.10 Å². The summed E-state index contributed by atoms with van der Waals surface area (Å²) in [6.45, 7) is 5.74. The maximum absolute atomic E-state index is 5.85. The van der Waals surface area contributed by atoms with E-state index in [4.69, 9.17) is 9.47 Å². The Morgan fingerprint density at radius 2 is 2.17 bits per heavy atom. The van der Waals surface area contributed by atoms with Gasteiger partial charge in [-0.15, -0.1) is 0 Å². The van der Waals surface area contributed by atoms with Crippen LogP contribution in [-0.4, -0.2) is 29.5 Å². The summed E-state index contributed by atoms with van der Waals surface area (Å²) in [6.07, 6.45) is 0.982. The Balaban J connectivity index is 1.72. The third-order valence-electron chi connectivity index (χ3n) is 4.31. The molecule has 3 rings (SSSR count). The van der Waals surface area contributed by atoms with Gasteiger partial charge in [0, 0.05) is 19.6 Å². The van der Waals surface area contributed by atoms with E-state index in [9.17, 15) is 0 Å². The van der Waals surface area contributed by atoms with E-state index in [1.54, 1.807) is 7.11 Å². The predicted molar refractivity (Wildman–Crippen MR) is 90.1 cm³/mol. The fraction of sp³-hybridized carbons (Fsp3) is 0.500. The van der Waals surface area contributed by atoms with Gasteiger partial charge in [0.25, 0.3) is 0 Å². The van der Waals surface area contributed by atoms with Crippen LogP contribution in [0.15, 0.2) is 24.3 Å². The first-order chi connectivity index (χ1) is 11.1. The Bertz CT molecular complexity index is 679. The lowest BCUT2D eigenvalue weighted by Gasteiger charge is -2.26. The van der Waals surface area contributed by atoms with Gasteiger partial charge in [-0.3, -0.25) is 0 Å². The number of para-hydroxylation sites is 1. The summed E-state index contributed by atoms with van der Waals surface area (Å²) in [5, 5.41) is 8.20. The van der Waals surface area contributed by atoms with E-state index in [0.29, 0.717) is 18.6 Å². The number of ether oxygens (including phenoxy) is 2. The molecule has 2 heterocycles. The van der Waals surface area contributed by atoms with Gasteiger partial charge in [0.2, 0.25) is 5.88 Å². The minimum atomic E-state index is 0.301. The molecule has 124 valence electrons. The van der Waals surface area contributed by atoms with Crippen molar-refractivity contribution in [1.29, 1.82) is 0 Å². The van der Waals surface area contributed by atoms with Crippen LogP contribution in [0.3, 0.4) is 0 Å². The summed E-state index contributed by atoms with van der Waals surface area (Å²) in [6, 6.07) is 8.54. The standard InChI is InChI=1S/C18H25N3O2/c1-12(2)17-15(18(22-4)21(3)20-17)10-19-14-9-13-7-5-6-8-16(13)23-11-14/h5-8,12,14,19H,9-11H2,1-4H3/t14-/m1/s1. The van der Waals surface area contributed by atoms with Crippen LogP contribution >= 0.6 is 0 Å². The van der Waals surface area contributed by atoms with E-state index in [-0.39, 0.29) is 0 Å². The van der Waals surface area contributed by atoms with Gasteiger partial charge in [0.1, 0.15) is 12.4 Å². The Hall–Kier alpha value is -2.01. The second kappa shape index (κ2) is 6.62. The molecule has 0 fully saturated rings. The molecule has 1 aromatic heterocycles. The molecule has 1 aromatic carbocycles. The minimum absolute atomic E-state index is 0.301. The highest BCUT2D eigenvalue weighted by Crippen LogP contribution is 2.28. The van der Waals surface area contributed by atoms with E-state index < -0.39 is 0 Å². The second-order valence-electron chi connectivity index (χ2n) is 6.35. The summed E-state index contributed by atoms with van der Waals surface area (Å²) in [5.41, 5.74) is 3.50. The highest BCUT2D eigenvalue weighted by atomic mass is 16.5. The molecule has 1 atom stereocenters. The van der Waals surface area contributed by atoms with Crippen molar-refractivity contribution in [3.8, 4) is 11.6 Å². The quantitative estimate of drug-likeness (QED) is 0.921. The molecule has 5 nitrogen and oxygen atoms in total. The average Bonchev–Trinajstić information content (AvgIpc) is 2.88. The first-order valence-electron chi connectivity index (χ1n) is 8.14. The van der Waals surface area contributed by atoms with E-state index >= 15 is 0 Å². The van der Waals surface area contributed by atoms with Gasteiger partial charge < -0.3 is 14.8 Å². The lowest BCUT2D eigenvalue weighted by atomic mass is 10.0. The first kappa shape index (κ1) is 15.9. The molecule has 0 aliphatic carbocycles. The van der Waals surface area contributed by atoms with Crippen LogP contribution in [0.2, 0.25) is 0 Å². The van der Waals surface area contributed by atoms with Gasteiger partial charge in [0.15, 0.2) is 0 Å². The third kappa shape index (κ3) is 3.20. The zero-order chi connectivity index (χ0) is 16.4. The zero-order valence-corrected chi connectivity index (χ0v) is 14.3. The lowest BCUT2D eigenvalue weighted by Crippen LogP contribution is -2.39. The van der Waals surface area contributed by atoms with E-state index in [0.717, 1.165) is 35.9 Å². The number of rotatable bonds is 5. The minimum Gasteiger partial charge on any atom is -0.492 e. The van der Waals surface area contributed by atoms with Crippen molar-refractivity contribution in [1.82, 2.24) is 15.1 Å². The van der Waals surface area contributed by atoms with Crippen LogP contribution in [0.5, 0.6) is 11.6 Å². The first-order valence-corrected chi connectivity index (χ1v) is 8.14. The highest BCUT2D eigenvalue weighted by Gasteiger charge is 2.23. The summed E-state index contributed by atoms with van der Waals surface area (Å²) >= 11 is 0. The van der Waals surface area contributed by atoms with Gasteiger partial charge in [-0.05, 0) is 24.0 Å². The lowest BCUT2D eigenvalue weighted by molar-refractivity contribution is 0.237. The molecular weight excluding hydrogens is 290 g/mol. The van der Waals surface area contributed by atoms with Crippen LogP contribution in [0.4, 0.5) is 0 Å². The number of hydrogen-bond donors (Lipinski definition) is 1. The van der Waals surface area contributed by atoms with Crippen molar-refractivity contribution in [3.63, 3.8) is 0 Å². The van der Waals surface area contributed by atoms with Crippen LogP contribution in [0.25, 0.3) is 0 Å². The molecule has 0 unspecified atom stereocenters. The van der Waals surface area contributed by atoms with Crippen LogP contribution < -0.4 is 14.8 Å². The van der Waals surface area contributed by atoms with Gasteiger partial charge in [-0.1, -0.05) is 32.0 Å². The number of aryl methyl sites for hydroxylation is 1. The molecule has 0 saturated heterocycles. The predicted octanol–water partition coefficient (Wildman–Crippen LogP) is 2.65. The molecular formula is C18H25N3O2. The molecule has 0 radical (unpaired) electrons. The van der Waals surface area contributed by atoms with Crippen molar-refractivity contribution in [3.05, 3.63) is 41.1 Å². The molecule has 2 aromatic rings.